The SMILES string of the molecule is CCC(N)c1ccc2c(c1)N(CCCO)C(=O)C(C)(C)O2. The van der Waals surface area contributed by atoms with E-state index in [1.54, 1.807) is 18.7 Å². The van der Waals surface area contributed by atoms with Crippen molar-refractivity contribution in [3.05, 3.63) is 23.8 Å². The molecule has 0 saturated heterocycles. The number of aliphatic hydroxyl groups excluding tert-OH is 1. The van der Waals surface area contributed by atoms with Gasteiger partial charge in [-0.2, -0.15) is 0 Å². The van der Waals surface area contributed by atoms with Gasteiger partial charge in [0, 0.05) is 19.2 Å². The Kier molecular flexibility index (Phi) is 4.54. The van der Waals surface area contributed by atoms with Crippen molar-refractivity contribution in [2.75, 3.05) is 18.1 Å². The number of nitrogens with zero attached hydrogens (tertiary/aromatic N) is 1. The molecule has 3 N–H and O–H groups in total. The minimum absolute atomic E-state index is 0.0502. The van der Waals surface area contributed by atoms with Crippen molar-refractivity contribution < 1.29 is 14.6 Å². The van der Waals surface area contributed by atoms with Crippen molar-refractivity contribution >= 4 is 11.6 Å². The van der Waals surface area contributed by atoms with Gasteiger partial charge in [0.2, 0.25) is 0 Å². The molecule has 0 fully saturated rings. The summed E-state index contributed by atoms with van der Waals surface area (Å²) in [4.78, 5) is 14.2. The van der Waals surface area contributed by atoms with Gasteiger partial charge in [0.05, 0.1) is 5.69 Å². The summed E-state index contributed by atoms with van der Waals surface area (Å²) in [5.41, 5.74) is 6.92. The van der Waals surface area contributed by atoms with E-state index in [0.29, 0.717) is 18.7 Å². The summed E-state index contributed by atoms with van der Waals surface area (Å²) < 4.78 is 5.82. The molecule has 2 rings (SSSR count). The molecule has 5 heteroatoms. The molecule has 5 nitrogen and oxygen atoms in total. The summed E-state index contributed by atoms with van der Waals surface area (Å²) in [6.45, 7) is 6.07. The van der Waals surface area contributed by atoms with Crippen LogP contribution in [0, 0.1) is 0 Å². The Morgan fingerprint density at radius 3 is 2.76 bits per heavy atom. The Morgan fingerprint density at radius 1 is 1.43 bits per heavy atom. The standard InChI is InChI=1S/C16H24N2O3/c1-4-12(17)11-6-7-14-13(10-11)18(8-5-9-19)15(20)16(2,3)21-14/h6-7,10,12,19H,4-5,8-9,17H2,1-3H3. The molecule has 1 amide bonds. The number of carbonyl (C=O) groups is 1. The lowest BCUT2D eigenvalue weighted by atomic mass is 9.99. The van der Waals surface area contributed by atoms with Crippen molar-refractivity contribution in [1.82, 2.24) is 0 Å². The van der Waals surface area contributed by atoms with E-state index in [1.165, 1.54) is 0 Å². The minimum atomic E-state index is -0.892. The van der Waals surface area contributed by atoms with Crippen molar-refractivity contribution in [3.8, 4) is 5.75 Å². The fourth-order valence-corrected chi connectivity index (χ4v) is 2.50. The number of anilines is 1. The number of carbonyl (C=O) groups excluding carboxylic acids is 1. The number of aliphatic hydroxyl groups is 1. The molecule has 1 unspecified atom stereocenters. The highest BCUT2D eigenvalue weighted by molar-refractivity contribution is 6.02. The van der Waals surface area contributed by atoms with Gasteiger partial charge in [-0.15, -0.1) is 0 Å². The summed E-state index contributed by atoms with van der Waals surface area (Å²) in [5, 5.41) is 9.05. The van der Waals surface area contributed by atoms with Gasteiger partial charge < -0.3 is 20.5 Å². The van der Waals surface area contributed by atoms with E-state index >= 15 is 0 Å². The molecular weight excluding hydrogens is 268 g/mol. The summed E-state index contributed by atoms with van der Waals surface area (Å²) in [5.74, 6) is 0.593. The Balaban J connectivity index is 2.43. The molecule has 1 aliphatic heterocycles. The number of fused-ring (bicyclic) bond motifs is 1. The van der Waals surface area contributed by atoms with Crippen molar-refractivity contribution in [1.29, 1.82) is 0 Å². The van der Waals surface area contributed by atoms with Gasteiger partial charge in [-0.25, -0.2) is 0 Å². The molecule has 1 aromatic carbocycles. The Bertz CT molecular complexity index is 528. The number of rotatable bonds is 5. The van der Waals surface area contributed by atoms with E-state index in [9.17, 15) is 4.79 Å². The molecular formula is C16H24N2O3. The molecule has 0 aliphatic carbocycles. The molecule has 0 radical (unpaired) electrons. The van der Waals surface area contributed by atoms with E-state index in [0.717, 1.165) is 17.7 Å². The third-order valence-corrected chi connectivity index (χ3v) is 3.81. The summed E-state index contributed by atoms with van der Waals surface area (Å²) in [7, 11) is 0. The molecule has 116 valence electrons. The van der Waals surface area contributed by atoms with Crippen LogP contribution in [0.2, 0.25) is 0 Å². The first-order valence-corrected chi connectivity index (χ1v) is 7.42. The fourth-order valence-electron chi connectivity index (χ4n) is 2.50. The zero-order valence-corrected chi connectivity index (χ0v) is 12.9. The maximum Gasteiger partial charge on any atom is 0.270 e. The van der Waals surface area contributed by atoms with Crippen molar-refractivity contribution in [2.24, 2.45) is 5.73 Å². The predicted molar refractivity (Wildman–Crippen MR) is 82.4 cm³/mol. The monoisotopic (exact) mass is 292 g/mol. The molecule has 0 saturated carbocycles. The Labute approximate surface area is 125 Å². The van der Waals surface area contributed by atoms with Crippen LogP contribution in [-0.4, -0.2) is 29.8 Å². The first-order valence-electron chi connectivity index (χ1n) is 7.42. The van der Waals surface area contributed by atoms with Crippen LogP contribution in [0.25, 0.3) is 0 Å². The first kappa shape index (κ1) is 15.8. The number of benzene rings is 1. The molecule has 1 atom stereocenters. The van der Waals surface area contributed by atoms with Crippen LogP contribution in [0.5, 0.6) is 5.75 Å². The maximum atomic E-state index is 12.6. The van der Waals surface area contributed by atoms with Crippen molar-refractivity contribution in [3.63, 3.8) is 0 Å². The minimum Gasteiger partial charge on any atom is -0.476 e. The zero-order chi connectivity index (χ0) is 15.6. The first-order chi connectivity index (χ1) is 9.90. The van der Waals surface area contributed by atoms with E-state index < -0.39 is 5.60 Å². The summed E-state index contributed by atoms with van der Waals surface area (Å²) in [6.07, 6.45) is 1.36. The Morgan fingerprint density at radius 2 is 2.14 bits per heavy atom. The van der Waals surface area contributed by atoms with E-state index in [-0.39, 0.29) is 18.6 Å². The molecule has 0 spiro atoms. The number of amides is 1. The summed E-state index contributed by atoms with van der Waals surface area (Å²) in [6, 6.07) is 5.69. The third kappa shape index (κ3) is 3.04. The lowest BCUT2D eigenvalue weighted by Gasteiger charge is -2.39. The molecule has 1 aromatic rings. The highest BCUT2D eigenvalue weighted by Crippen LogP contribution is 2.39. The highest BCUT2D eigenvalue weighted by atomic mass is 16.5. The largest absolute Gasteiger partial charge is 0.476 e. The molecule has 0 bridgehead atoms. The van der Waals surface area contributed by atoms with Crippen molar-refractivity contribution in [2.45, 2.75) is 45.3 Å². The second kappa shape index (κ2) is 6.03. The second-order valence-electron chi connectivity index (χ2n) is 5.89. The van der Waals surface area contributed by atoms with E-state index in [2.05, 4.69) is 0 Å². The average molecular weight is 292 g/mol. The number of ether oxygens (including phenoxy) is 1. The predicted octanol–water partition coefficient (Wildman–Crippen LogP) is 1.98. The van der Waals surface area contributed by atoms with Crippen LogP contribution < -0.4 is 15.4 Å². The van der Waals surface area contributed by atoms with Crippen LogP contribution in [0.15, 0.2) is 18.2 Å². The molecule has 1 heterocycles. The lowest BCUT2D eigenvalue weighted by Crippen LogP contribution is -2.52. The van der Waals surface area contributed by atoms with Gasteiger partial charge in [-0.1, -0.05) is 13.0 Å². The normalized spacial score (nSPS) is 18.1. The summed E-state index contributed by atoms with van der Waals surface area (Å²) >= 11 is 0. The van der Waals surface area contributed by atoms with Gasteiger partial charge in [-0.05, 0) is 44.4 Å². The average Bonchev–Trinajstić information content (AvgIpc) is 2.46. The quantitative estimate of drug-likeness (QED) is 0.870. The molecule has 21 heavy (non-hydrogen) atoms. The van der Waals surface area contributed by atoms with Crippen LogP contribution in [0.3, 0.4) is 0 Å². The smallest absolute Gasteiger partial charge is 0.270 e. The number of nitrogens with two attached hydrogens (primary N) is 1. The van der Waals surface area contributed by atoms with Gasteiger partial charge in [0.25, 0.3) is 5.91 Å². The molecule has 1 aliphatic rings. The topological polar surface area (TPSA) is 75.8 Å². The second-order valence-corrected chi connectivity index (χ2v) is 5.89. The van der Waals surface area contributed by atoms with Crippen LogP contribution in [-0.2, 0) is 4.79 Å². The molecule has 0 aromatic heterocycles. The third-order valence-electron chi connectivity index (χ3n) is 3.81. The van der Waals surface area contributed by atoms with Crippen LogP contribution in [0.4, 0.5) is 5.69 Å². The van der Waals surface area contributed by atoms with Gasteiger partial charge in [0.15, 0.2) is 5.60 Å². The maximum absolute atomic E-state index is 12.6. The van der Waals surface area contributed by atoms with Gasteiger partial charge >= 0.3 is 0 Å². The van der Waals surface area contributed by atoms with Crippen LogP contribution in [0.1, 0.15) is 45.2 Å². The van der Waals surface area contributed by atoms with E-state index in [1.807, 2.05) is 25.1 Å². The lowest BCUT2D eigenvalue weighted by molar-refractivity contribution is -0.132. The number of hydrogen-bond acceptors (Lipinski definition) is 4. The zero-order valence-electron chi connectivity index (χ0n) is 12.9. The highest BCUT2D eigenvalue weighted by Gasteiger charge is 2.40. The van der Waals surface area contributed by atoms with E-state index in [4.69, 9.17) is 15.6 Å². The fraction of sp³-hybridized carbons (Fsp3) is 0.562. The number of hydrogen-bond donors (Lipinski definition) is 2. The van der Waals surface area contributed by atoms with Gasteiger partial charge in [-0.3, -0.25) is 4.79 Å². The Hall–Kier alpha value is -1.59. The van der Waals surface area contributed by atoms with Crippen LogP contribution >= 0.6 is 0 Å². The van der Waals surface area contributed by atoms with Gasteiger partial charge in [0.1, 0.15) is 5.75 Å².